The van der Waals surface area contributed by atoms with E-state index in [0.29, 0.717) is 0 Å². The third-order valence-electron chi connectivity index (χ3n) is 2.26. The SMILES string of the molecule is OCC[C@@H]1OC(CO)C[C@@H](O)C1O. The molecule has 0 saturated carbocycles. The Balaban J connectivity index is 2.50. The molecule has 5 heteroatoms. The van der Waals surface area contributed by atoms with Crippen LogP contribution in [-0.2, 0) is 4.74 Å². The van der Waals surface area contributed by atoms with E-state index >= 15 is 0 Å². The van der Waals surface area contributed by atoms with E-state index in [9.17, 15) is 10.2 Å². The molecule has 0 spiro atoms. The fraction of sp³-hybridized carbons (Fsp3) is 1.00. The molecule has 1 aliphatic heterocycles. The lowest BCUT2D eigenvalue weighted by Gasteiger charge is -2.36. The Morgan fingerprint density at radius 2 is 1.92 bits per heavy atom. The van der Waals surface area contributed by atoms with Crippen LogP contribution in [0.3, 0.4) is 0 Å². The molecule has 1 fully saturated rings. The van der Waals surface area contributed by atoms with E-state index in [-0.39, 0.29) is 26.1 Å². The van der Waals surface area contributed by atoms with Crippen LogP contribution >= 0.6 is 0 Å². The average molecular weight is 192 g/mol. The van der Waals surface area contributed by atoms with Crippen molar-refractivity contribution in [3.05, 3.63) is 0 Å². The van der Waals surface area contributed by atoms with Crippen LogP contribution < -0.4 is 0 Å². The Morgan fingerprint density at radius 3 is 2.46 bits per heavy atom. The maximum Gasteiger partial charge on any atom is 0.106 e. The van der Waals surface area contributed by atoms with Gasteiger partial charge in [-0.25, -0.2) is 0 Å². The van der Waals surface area contributed by atoms with Gasteiger partial charge < -0.3 is 25.2 Å². The molecule has 0 bridgehead atoms. The van der Waals surface area contributed by atoms with Crippen LogP contribution in [-0.4, -0.2) is 58.1 Å². The van der Waals surface area contributed by atoms with Crippen LogP contribution in [0.2, 0.25) is 0 Å². The van der Waals surface area contributed by atoms with E-state index in [1.165, 1.54) is 0 Å². The van der Waals surface area contributed by atoms with Gasteiger partial charge in [-0.2, -0.15) is 0 Å². The van der Waals surface area contributed by atoms with Crippen LogP contribution in [0, 0.1) is 0 Å². The highest BCUT2D eigenvalue weighted by molar-refractivity contribution is 4.84. The summed E-state index contributed by atoms with van der Waals surface area (Å²) in [4.78, 5) is 0. The zero-order valence-corrected chi connectivity index (χ0v) is 7.33. The fourth-order valence-corrected chi connectivity index (χ4v) is 1.52. The summed E-state index contributed by atoms with van der Waals surface area (Å²) in [6.45, 7) is -0.279. The second-order valence-electron chi connectivity index (χ2n) is 3.29. The van der Waals surface area contributed by atoms with Gasteiger partial charge in [0.15, 0.2) is 0 Å². The van der Waals surface area contributed by atoms with E-state index in [0.717, 1.165) is 0 Å². The quantitative estimate of drug-likeness (QED) is 0.425. The maximum atomic E-state index is 9.41. The van der Waals surface area contributed by atoms with Gasteiger partial charge in [0.25, 0.3) is 0 Å². The maximum absolute atomic E-state index is 9.41. The van der Waals surface area contributed by atoms with E-state index in [1.54, 1.807) is 0 Å². The number of rotatable bonds is 3. The molecule has 0 aromatic heterocycles. The molecule has 0 aromatic carbocycles. The second kappa shape index (κ2) is 4.88. The lowest BCUT2D eigenvalue weighted by Crippen LogP contribution is -2.49. The number of aliphatic hydroxyl groups is 4. The Hall–Kier alpha value is -0.200. The van der Waals surface area contributed by atoms with Crippen molar-refractivity contribution in [1.29, 1.82) is 0 Å². The smallest absolute Gasteiger partial charge is 0.106 e. The summed E-state index contributed by atoms with van der Waals surface area (Å²) in [5.41, 5.74) is 0. The van der Waals surface area contributed by atoms with Crippen molar-refractivity contribution in [2.45, 2.75) is 37.3 Å². The summed E-state index contributed by atoms with van der Waals surface area (Å²) in [7, 11) is 0. The lowest BCUT2D eigenvalue weighted by atomic mass is 9.96. The molecule has 2 unspecified atom stereocenters. The minimum absolute atomic E-state index is 0.105. The summed E-state index contributed by atoms with van der Waals surface area (Å²) in [5.74, 6) is 0. The van der Waals surface area contributed by atoms with E-state index < -0.39 is 24.4 Å². The van der Waals surface area contributed by atoms with Gasteiger partial charge in [-0.3, -0.25) is 0 Å². The number of hydrogen-bond donors (Lipinski definition) is 4. The molecule has 4 atom stereocenters. The largest absolute Gasteiger partial charge is 0.396 e. The van der Waals surface area contributed by atoms with Gasteiger partial charge in [0.2, 0.25) is 0 Å². The normalized spacial score (nSPS) is 40.6. The summed E-state index contributed by atoms with van der Waals surface area (Å²) in [5, 5.41) is 36.2. The highest BCUT2D eigenvalue weighted by Crippen LogP contribution is 2.21. The number of hydrogen-bond acceptors (Lipinski definition) is 5. The first-order chi connectivity index (χ1) is 6.19. The van der Waals surface area contributed by atoms with Gasteiger partial charge in [-0.05, 0) is 6.42 Å². The van der Waals surface area contributed by atoms with E-state index in [1.807, 2.05) is 0 Å². The van der Waals surface area contributed by atoms with Crippen molar-refractivity contribution in [3.8, 4) is 0 Å². The van der Waals surface area contributed by atoms with Crippen LogP contribution in [0.5, 0.6) is 0 Å². The first-order valence-electron chi connectivity index (χ1n) is 4.42. The molecular weight excluding hydrogens is 176 g/mol. The molecule has 1 saturated heterocycles. The molecular formula is C8H16O5. The number of aliphatic hydroxyl groups excluding tert-OH is 4. The molecule has 0 aromatic rings. The minimum Gasteiger partial charge on any atom is -0.396 e. The fourth-order valence-electron chi connectivity index (χ4n) is 1.52. The highest BCUT2D eigenvalue weighted by atomic mass is 16.5. The predicted octanol–water partition coefficient (Wildman–Crippen LogP) is -1.76. The minimum atomic E-state index is -0.963. The topological polar surface area (TPSA) is 90.2 Å². The van der Waals surface area contributed by atoms with Crippen molar-refractivity contribution in [1.82, 2.24) is 0 Å². The molecule has 4 N–H and O–H groups in total. The summed E-state index contributed by atoms with van der Waals surface area (Å²) >= 11 is 0. The first-order valence-corrected chi connectivity index (χ1v) is 4.42. The van der Waals surface area contributed by atoms with E-state index in [2.05, 4.69) is 0 Å². The van der Waals surface area contributed by atoms with Gasteiger partial charge >= 0.3 is 0 Å². The Labute approximate surface area is 76.6 Å². The zero-order chi connectivity index (χ0) is 9.84. The molecule has 0 amide bonds. The summed E-state index contributed by atoms with van der Waals surface area (Å²) in [6, 6.07) is 0. The molecule has 1 rings (SSSR count). The number of ether oxygens (including phenoxy) is 1. The van der Waals surface area contributed by atoms with Crippen LogP contribution in [0.1, 0.15) is 12.8 Å². The van der Waals surface area contributed by atoms with Gasteiger partial charge in [-0.15, -0.1) is 0 Å². The molecule has 13 heavy (non-hydrogen) atoms. The summed E-state index contributed by atoms with van der Waals surface area (Å²) < 4.78 is 5.24. The van der Waals surface area contributed by atoms with Crippen molar-refractivity contribution in [2.24, 2.45) is 0 Å². The van der Waals surface area contributed by atoms with Crippen LogP contribution in [0.4, 0.5) is 0 Å². The van der Waals surface area contributed by atoms with Gasteiger partial charge in [0.1, 0.15) is 6.10 Å². The van der Waals surface area contributed by atoms with Crippen LogP contribution in [0.15, 0.2) is 0 Å². The van der Waals surface area contributed by atoms with Gasteiger partial charge in [-0.1, -0.05) is 0 Å². The molecule has 1 heterocycles. The van der Waals surface area contributed by atoms with Gasteiger partial charge in [0.05, 0.1) is 24.9 Å². The second-order valence-corrected chi connectivity index (χ2v) is 3.29. The average Bonchev–Trinajstić information content (AvgIpc) is 2.13. The van der Waals surface area contributed by atoms with Gasteiger partial charge in [0, 0.05) is 13.0 Å². The van der Waals surface area contributed by atoms with Crippen molar-refractivity contribution in [3.63, 3.8) is 0 Å². The van der Waals surface area contributed by atoms with E-state index in [4.69, 9.17) is 14.9 Å². The monoisotopic (exact) mass is 192 g/mol. The molecule has 1 aliphatic rings. The molecule has 78 valence electrons. The summed E-state index contributed by atoms with van der Waals surface area (Å²) in [6.07, 6.45) is -2.34. The van der Waals surface area contributed by atoms with Crippen molar-refractivity contribution < 1.29 is 25.2 Å². The zero-order valence-electron chi connectivity index (χ0n) is 7.33. The van der Waals surface area contributed by atoms with Crippen LogP contribution in [0.25, 0.3) is 0 Å². The third-order valence-corrected chi connectivity index (χ3v) is 2.26. The standard InChI is InChI=1S/C8H16O5/c9-2-1-7-8(12)6(11)3-5(4-10)13-7/h5-12H,1-4H2/t5?,6-,7+,8?/m1/s1. The molecule has 0 radical (unpaired) electrons. The highest BCUT2D eigenvalue weighted by Gasteiger charge is 2.35. The molecule has 0 aliphatic carbocycles. The Kier molecular flexibility index (Phi) is 4.08. The third kappa shape index (κ3) is 2.62. The molecule has 5 nitrogen and oxygen atoms in total. The first kappa shape index (κ1) is 10.9. The van der Waals surface area contributed by atoms with Crippen molar-refractivity contribution in [2.75, 3.05) is 13.2 Å². The Morgan fingerprint density at radius 1 is 1.23 bits per heavy atom. The Bertz CT molecular complexity index is 151. The lowest BCUT2D eigenvalue weighted by molar-refractivity contribution is -0.180. The van der Waals surface area contributed by atoms with Crippen molar-refractivity contribution >= 4 is 0 Å². The predicted molar refractivity (Wildman–Crippen MR) is 44.1 cm³/mol.